The summed E-state index contributed by atoms with van der Waals surface area (Å²) in [5.74, 6) is -1.80. The van der Waals surface area contributed by atoms with Crippen LogP contribution in [0.5, 0.6) is 5.75 Å². The van der Waals surface area contributed by atoms with Crippen LogP contribution in [0.4, 0.5) is 0 Å². The lowest BCUT2D eigenvalue weighted by molar-refractivity contribution is -0.327. The smallest absolute Gasteiger partial charge is 0.449 e. The van der Waals surface area contributed by atoms with Crippen LogP contribution in [-0.4, -0.2) is 42.0 Å². The number of ether oxygens (including phenoxy) is 2. The fourth-order valence-electron chi connectivity index (χ4n) is 1.80. The Bertz CT molecular complexity index is 496. The standard InChI is InChI=1S/C16H22O7/c1-12(17)11-16(2,3)23-22-15(19)14(18)21-10-9-20-13-7-5-4-6-8-13/h4-8,12,17H,9-11H2,1-3H3. The van der Waals surface area contributed by atoms with E-state index >= 15 is 0 Å². The summed E-state index contributed by atoms with van der Waals surface area (Å²) < 4.78 is 10.0. The summed E-state index contributed by atoms with van der Waals surface area (Å²) in [6.45, 7) is 4.82. The zero-order chi connectivity index (χ0) is 17.3. The van der Waals surface area contributed by atoms with Crippen LogP contribution < -0.4 is 4.74 Å². The molecule has 0 aliphatic heterocycles. The maximum Gasteiger partial charge on any atom is 0.449 e. The molecule has 1 unspecified atom stereocenters. The van der Waals surface area contributed by atoms with Crippen molar-refractivity contribution in [3.8, 4) is 5.75 Å². The molecule has 0 heterocycles. The molecule has 7 heteroatoms. The van der Waals surface area contributed by atoms with Crippen LogP contribution in [0.3, 0.4) is 0 Å². The molecule has 1 aromatic carbocycles. The van der Waals surface area contributed by atoms with Crippen molar-refractivity contribution in [1.29, 1.82) is 0 Å². The Kier molecular flexibility index (Phi) is 7.50. The van der Waals surface area contributed by atoms with E-state index in [1.165, 1.54) is 0 Å². The highest BCUT2D eigenvalue weighted by atomic mass is 17.2. The van der Waals surface area contributed by atoms with Gasteiger partial charge in [0.15, 0.2) is 0 Å². The van der Waals surface area contributed by atoms with Crippen LogP contribution in [0.15, 0.2) is 30.3 Å². The van der Waals surface area contributed by atoms with E-state index in [0.717, 1.165) is 0 Å². The van der Waals surface area contributed by atoms with E-state index < -0.39 is 23.6 Å². The zero-order valence-corrected chi connectivity index (χ0v) is 13.5. The summed E-state index contributed by atoms with van der Waals surface area (Å²) in [4.78, 5) is 32.1. The SMILES string of the molecule is CC(O)CC(C)(C)OOC(=O)C(=O)OCCOc1ccccc1. The van der Waals surface area contributed by atoms with E-state index in [1.54, 1.807) is 32.9 Å². The van der Waals surface area contributed by atoms with E-state index in [9.17, 15) is 14.7 Å². The minimum atomic E-state index is -1.26. The Labute approximate surface area is 135 Å². The van der Waals surface area contributed by atoms with Crippen molar-refractivity contribution in [2.75, 3.05) is 13.2 Å². The molecule has 0 fully saturated rings. The number of carbonyl (C=O) groups is 2. The van der Waals surface area contributed by atoms with Crippen molar-refractivity contribution in [2.45, 2.75) is 38.9 Å². The first-order chi connectivity index (χ1) is 10.8. The molecule has 0 aliphatic carbocycles. The van der Waals surface area contributed by atoms with Gasteiger partial charge in [0.05, 0.1) is 6.10 Å². The minimum Gasteiger partial charge on any atom is -0.490 e. The van der Waals surface area contributed by atoms with Gasteiger partial charge in [0.1, 0.15) is 24.6 Å². The second-order valence-corrected chi connectivity index (χ2v) is 5.56. The molecule has 0 amide bonds. The Hall–Kier alpha value is -2.12. The van der Waals surface area contributed by atoms with Gasteiger partial charge in [-0.1, -0.05) is 18.2 Å². The summed E-state index contributed by atoms with van der Waals surface area (Å²) in [6.07, 6.45) is -0.397. The quantitative estimate of drug-likeness (QED) is 0.255. The molecule has 0 spiro atoms. The Morgan fingerprint density at radius 3 is 2.39 bits per heavy atom. The van der Waals surface area contributed by atoms with Gasteiger partial charge in [-0.05, 0) is 32.9 Å². The summed E-state index contributed by atoms with van der Waals surface area (Å²) >= 11 is 0. The van der Waals surface area contributed by atoms with Crippen LogP contribution in [0.2, 0.25) is 0 Å². The summed E-state index contributed by atoms with van der Waals surface area (Å²) in [5.41, 5.74) is -0.916. The van der Waals surface area contributed by atoms with Crippen LogP contribution in [0.1, 0.15) is 27.2 Å². The average Bonchev–Trinajstić information content (AvgIpc) is 2.49. The van der Waals surface area contributed by atoms with Crippen molar-refractivity contribution in [2.24, 2.45) is 0 Å². The van der Waals surface area contributed by atoms with Crippen LogP contribution >= 0.6 is 0 Å². The topological polar surface area (TPSA) is 91.3 Å². The molecule has 0 radical (unpaired) electrons. The summed E-state index contributed by atoms with van der Waals surface area (Å²) in [5, 5.41) is 9.27. The van der Waals surface area contributed by atoms with Gasteiger partial charge in [0.2, 0.25) is 0 Å². The molecule has 7 nitrogen and oxygen atoms in total. The fraction of sp³-hybridized carbons (Fsp3) is 0.500. The highest BCUT2D eigenvalue weighted by Crippen LogP contribution is 2.17. The Morgan fingerprint density at radius 2 is 1.78 bits per heavy atom. The van der Waals surface area contributed by atoms with Gasteiger partial charge in [-0.3, -0.25) is 4.89 Å². The monoisotopic (exact) mass is 326 g/mol. The molecule has 1 N–H and O–H groups in total. The molecule has 1 rings (SSSR count). The lowest BCUT2D eigenvalue weighted by Crippen LogP contribution is -2.32. The Balaban J connectivity index is 2.22. The molecule has 0 aliphatic rings. The van der Waals surface area contributed by atoms with Crippen molar-refractivity contribution < 1.29 is 33.9 Å². The van der Waals surface area contributed by atoms with Gasteiger partial charge < -0.3 is 14.6 Å². The average molecular weight is 326 g/mol. The minimum absolute atomic E-state index is 0.0973. The van der Waals surface area contributed by atoms with Crippen LogP contribution in [-0.2, 0) is 24.1 Å². The third-order valence-electron chi connectivity index (χ3n) is 2.63. The third kappa shape index (κ3) is 8.18. The number of para-hydroxylation sites is 1. The Morgan fingerprint density at radius 1 is 1.13 bits per heavy atom. The maximum absolute atomic E-state index is 11.4. The predicted octanol–water partition coefficient (Wildman–Crippen LogP) is 1.63. The third-order valence-corrected chi connectivity index (χ3v) is 2.63. The molecule has 0 aromatic heterocycles. The fourth-order valence-corrected chi connectivity index (χ4v) is 1.80. The molecule has 1 atom stereocenters. The van der Waals surface area contributed by atoms with E-state index in [2.05, 4.69) is 4.89 Å². The lowest BCUT2D eigenvalue weighted by atomic mass is 10.0. The molecular formula is C16H22O7. The normalized spacial score (nSPS) is 12.3. The van der Waals surface area contributed by atoms with Gasteiger partial charge in [-0.2, -0.15) is 4.89 Å². The molecule has 128 valence electrons. The van der Waals surface area contributed by atoms with Gasteiger partial charge in [-0.25, -0.2) is 9.59 Å². The first-order valence-corrected chi connectivity index (χ1v) is 7.23. The molecule has 23 heavy (non-hydrogen) atoms. The number of esters is 1. The van der Waals surface area contributed by atoms with Crippen molar-refractivity contribution in [1.82, 2.24) is 0 Å². The number of carbonyl (C=O) groups excluding carboxylic acids is 2. The number of aliphatic hydroxyl groups excluding tert-OH is 1. The second kappa shape index (κ2) is 9.12. The number of benzene rings is 1. The zero-order valence-electron chi connectivity index (χ0n) is 13.5. The largest absolute Gasteiger partial charge is 0.490 e. The predicted molar refractivity (Wildman–Crippen MR) is 80.4 cm³/mol. The number of hydrogen-bond acceptors (Lipinski definition) is 7. The van der Waals surface area contributed by atoms with Crippen molar-refractivity contribution in [3.05, 3.63) is 30.3 Å². The molecule has 0 saturated carbocycles. The van der Waals surface area contributed by atoms with Crippen molar-refractivity contribution >= 4 is 11.9 Å². The highest BCUT2D eigenvalue weighted by molar-refractivity contribution is 6.29. The van der Waals surface area contributed by atoms with E-state index in [0.29, 0.717) is 5.75 Å². The number of aliphatic hydroxyl groups is 1. The van der Waals surface area contributed by atoms with E-state index in [-0.39, 0.29) is 19.6 Å². The van der Waals surface area contributed by atoms with Gasteiger partial charge in [-0.15, -0.1) is 0 Å². The van der Waals surface area contributed by atoms with Gasteiger partial charge >= 0.3 is 11.9 Å². The number of rotatable bonds is 8. The lowest BCUT2D eigenvalue weighted by Gasteiger charge is -2.23. The van der Waals surface area contributed by atoms with Gasteiger partial charge in [0.25, 0.3) is 0 Å². The summed E-state index contributed by atoms with van der Waals surface area (Å²) in [7, 11) is 0. The first kappa shape index (κ1) is 18.9. The summed E-state index contributed by atoms with van der Waals surface area (Å²) in [6, 6.07) is 8.99. The molecular weight excluding hydrogens is 304 g/mol. The maximum atomic E-state index is 11.4. The number of hydrogen-bond donors (Lipinski definition) is 1. The second-order valence-electron chi connectivity index (χ2n) is 5.56. The highest BCUT2D eigenvalue weighted by Gasteiger charge is 2.27. The van der Waals surface area contributed by atoms with Gasteiger partial charge in [0, 0.05) is 6.42 Å². The van der Waals surface area contributed by atoms with Crippen LogP contribution in [0, 0.1) is 0 Å². The molecule has 0 bridgehead atoms. The molecule has 0 saturated heterocycles. The van der Waals surface area contributed by atoms with E-state index in [4.69, 9.17) is 14.4 Å². The van der Waals surface area contributed by atoms with Crippen molar-refractivity contribution in [3.63, 3.8) is 0 Å². The van der Waals surface area contributed by atoms with Crippen LogP contribution in [0.25, 0.3) is 0 Å². The molecule has 1 aromatic rings. The first-order valence-electron chi connectivity index (χ1n) is 7.23. The van der Waals surface area contributed by atoms with E-state index in [1.807, 2.05) is 18.2 Å².